The number of nitrogens with zero attached hydrogens (tertiary/aromatic N) is 1. The maximum absolute atomic E-state index is 12.2. The molecule has 0 radical (unpaired) electrons. The van der Waals surface area contributed by atoms with Crippen molar-refractivity contribution in [2.75, 3.05) is 14.2 Å². The van der Waals surface area contributed by atoms with Crippen LogP contribution >= 0.6 is 0 Å². The lowest BCUT2D eigenvalue weighted by atomic mass is 10.2. The van der Waals surface area contributed by atoms with E-state index >= 15 is 0 Å². The fourth-order valence-electron chi connectivity index (χ4n) is 2.07. The molecule has 110 valence electrons. The van der Waals surface area contributed by atoms with Crippen molar-refractivity contribution in [3.05, 3.63) is 59.0 Å². The summed E-state index contributed by atoms with van der Waals surface area (Å²) < 4.78 is 10.2. The molecule has 1 amide bonds. The molecule has 1 aliphatic rings. The Morgan fingerprint density at radius 3 is 2.57 bits per heavy atom. The van der Waals surface area contributed by atoms with E-state index in [9.17, 15) is 9.59 Å². The first kappa shape index (κ1) is 14.8. The Hall–Kier alpha value is -2.56. The molecule has 1 aromatic rings. The van der Waals surface area contributed by atoms with Crippen LogP contribution in [0, 0.1) is 0 Å². The number of ether oxygens (including phenoxy) is 2. The van der Waals surface area contributed by atoms with Gasteiger partial charge in [-0.15, -0.1) is 0 Å². The molecule has 0 fully saturated rings. The molecule has 0 saturated heterocycles. The third-order valence-electron chi connectivity index (χ3n) is 3.27. The third kappa shape index (κ3) is 3.13. The topological polar surface area (TPSA) is 55.8 Å². The minimum absolute atomic E-state index is 0.261. The zero-order chi connectivity index (χ0) is 15.4. The number of hydrogen-bond acceptors (Lipinski definition) is 4. The third-order valence-corrected chi connectivity index (χ3v) is 3.27. The number of esters is 1. The van der Waals surface area contributed by atoms with Gasteiger partial charge in [-0.25, -0.2) is 4.79 Å². The second-order valence-corrected chi connectivity index (χ2v) is 4.65. The Kier molecular flexibility index (Phi) is 4.42. The summed E-state index contributed by atoms with van der Waals surface area (Å²) in [5.41, 5.74) is 2.09. The van der Waals surface area contributed by atoms with Gasteiger partial charge in [0.1, 0.15) is 6.61 Å². The highest BCUT2D eigenvalue weighted by Crippen LogP contribution is 2.29. The highest BCUT2D eigenvalue weighted by molar-refractivity contribution is 5.99. The molecule has 5 heteroatoms. The standard InChI is InChI=1S/C16H17NO4/c1-11-13(9-14(18)20-3)17(2)16(19)15(11)21-10-12-7-5-4-6-8-12/h4-9H,10H2,1-3H3/b13-9+. The van der Waals surface area contributed by atoms with E-state index in [0.717, 1.165) is 5.56 Å². The van der Waals surface area contributed by atoms with Gasteiger partial charge in [0, 0.05) is 18.7 Å². The molecule has 0 N–H and O–H groups in total. The smallest absolute Gasteiger partial charge is 0.332 e. The largest absolute Gasteiger partial charge is 0.483 e. The van der Waals surface area contributed by atoms with Crippen LogP contribution in [0.4, 0.5) is 0 Å². The van der Waals surface area contributed by atoms with E-state index in [0.29, 0.717) is 17.9 Å². The second kappa shape index (κ2) is 6.26. The van der Waals surface area contributed by atoms with E-state index in [1.165, 1.54) is 18.1 Å². The van der Waals surface area contributed by atoms with E-state index in [-0.39, 0.29) is 11.7 Å². The maximum atomic E-state index is 12.2. The predicted octanol–water partition coefficient (Wildman–Crippen LogP) is 2.01. The van der Waals surface area contributed by atoms with Crippen molar-refractivity contribution in [2.24, 2.45) is 0 Å². The fourth-order valence-corrected chi connectivity index (χ4v) is 2.07. The molecule has 5 nitrogen and oxygen atoms in total. The number of allylic oxidation sites excluding steroid dienone is 1. The van der Waals surface area contributed by atoms with Gasteiger partial charge in [0.15, 0.2) is 5.76 Å². The molecule has 2 rings (SSSR count). The van der Waals surface area contributed by atoms with Crippen LogP contribution in [0.1, 0.15) is 12.5 Å². The minimum atomic E-state index is -0.506. The number of amides is 1. The number of benzene rings is 1. The Labute approximate surface area is 123 Å². The summed E-state index contributed by atoms with van der Waals surface area (Å²) in [7, 11) is 2.89. The molecule has 21 heavy (non-hydrogen) atoms. The van der Waals surface area contributed by atoms with Gasteiger partial charge in [0.2, 0.25) is 0 Å². The summed E-state index contributed by atoms with van der Waals surface area (Å²) in [5.74, 6) is -0.511. The number of hydrogen-bond donors (Lipinski definition) is 0. The van der Waals surface area contributed by atoms with Gasteiger partial charge >= 0.3 is 5.97 Å². The lowest BCUT2D eigenvalue weighted by Crippen LogP contribution is -2.22. The zero-order valence-corrected chi connectivity index (χ0v) is 12.3. The molecule has 1 heterocycles. The van der Waals surface area contributed by atoms with Crippen molar-refractivity contribution in [1.29, 1.82) is 0 Å². The van der Waals surface area contributed by atoms with E-state index in [1.54, 1.807) is 14.0 Å². The van der Waals surface area contributed by atoms with Gasteiger partial charge in [-0.1, -0.05) is 30.3 Å². The van der Waals surface area contributed by atoms with Crippen molar-refractivity contribution < 1.29 is 19.1 Å². The van der Waals surface area contributed by atoms with Crippen LogP contribution in [0.15, 0.2) is 53.4 Å². The monoisotopic (exact) mass is 287 g/mol. The quantitative estimate of drug-likeness (QED) is 0.628. The maximum Gasteiger partial charge on any atom is 0.332 e. The molecule has 0 unspecified atom stereocenters. The van der Waals surface area contributed by atoms with Crippen molar-refractivity contribution >= 4 is 11.9 Å². The van der Waals surface area contributed by atoms with Crippen LogP contribution in [0.25, 0.3) is 0 Å². The summed E-state index contributed by atoms with van der Waals surface area (Å²) in [6, 6.07) is 9.57. The predicted molar refractivity (Wildman–Crippen MR) is 76.8 cm³/mol. The Morgan fingerprint density at radius 1 is 1.29 bits per heavy atom. The van der Waals surface area contributed by atoms with Crippen LogP contribution in [-0.2, 0) is 25.7 Å². The summed E-state index contributed by atoms with van der Waals surface area (Å²) >= 11 is 0. The van der Waals surface area contributed by atoms with Crippen molar-refractivity contribution in [2.45, 2.75) is 13.5 Å². The van der Waals surface area contributed by atoms with Gasteiger partial charge in [-0.3, -0.25) is 4.79 Å². The molecule has 0 spiro atoms. The van der Waals surface area contributed by atoms with Crippen LogP contribution in [0.5, 0.6) is 0 Å². The Bertz CT molecular complexity index is 616. The van der Waals surface area contributed by atoms with E-state index in [2.05, 4.69) is 4.74 Å². The van der Waals surface area contributed by atoms with Crippen LogP contribution in [-0.4, -0.2) is 30.9 Å². The van der Waals surface area contributed by atoms with Gasteiger partial charge < -0.3 is 14.4 Å². The summed E-state index contributed by atoms with van der Waals surface area (Å²) in [6.45, 7) is 2.05. The van der Waals surface area contributed by atoms with Crippen LogP contribution in [0.2, 0.25) is 0 Å². The number of rotatable bonds is 4. The Balaban J connectivity index is 2.19. The average molecular weight is 287 g/mol. The van der Waals surface area contributed by atoms with Crippen molar-refractivity contribution in [3.8, 4) is 0 Å². The van der Waals surface area contributed by atoms with Gasteiger partial charge in [0.25, 0.3) is 5.91 Å². The molecule has 0 atom stereocenters. The SMILES string of the molecule is COC(=O)/C=C1\C(C)=C(OCc2ccccc2)C(=O)N1C. The lowest BCUT2D eigenvalue weighted by molar-refractivity contribution is -0.134. The first-order valence-corrected chi connectivity index (χ1v) is 6.50. The minimum Gasteiger partial charge on any atom is -0.483 e. The van der Waals surface area contributed by atoms with Crippen LogP contribution in [0.3, 0.4) is 0 Å². The van der Waals surface area contributed by atoms with Gasteiger partial charge in [0.05, 0.1) is 12.8 Å². The van der Waals surface area contributed by atoms with Crippen LogP contribution < -0.4 is 0 Å². The molecule has 0 aromatic heterocycles. The lowest BCUT2D eigenvalue weighted by Gasteiger charge is -2.11. The molecular weight excluding hydrogens is 270 g/mol. The number of likely N-dealkylation sites (N-methyl/N-ethyl adjacent to an activating group) is 1. The zero-order valence-electron chi connectivity index (χ0n) is 12.3. The molecule has 1 aromatic carbocycles. The summed E-state index contributed by atoms with van der Waals surface area (Å²) in [4.78, 5) is 24.9. The highest BCUT2D eigenvalue weighted by Gasteiger charge is 2.32. The first-order chi connectivity index (χ1) is 10.0. The summed E-state index contributed by atoms with van der Waals surface area (Å²) in [5, 5.41) is 0. The number of methoxy groups -OCH3 is 1. The van der Waals surface area contributed by atoms with E-state index in [4.69, 9.17) is 4.74 Å². The number of carbonyl (C=O) groups excluding carboxylic acids is 2. The average Bonchev–Trinajstić information content (AvgIpc) is 2.70. The molecule has 0 bridgehead atoms. The van der Waals surface area contributed by atoms with Crippen molar-refractivity contribution in [3.63, 3.8) is 0 Å². The first-order valence-electron chi connectivity index (χ1n) is 6.50. The number of carbonyl (C=O) groups is 2. The molecule has 0 aliphatic carbocycles. The van der Waals surface area contributed by atoms with Gasteiger partial charge in [-0.05, 0) is 12.5 Å². The van der Waals surface area contributed by atoms with E-state index in [1.807, 2.05) is 30.3 Å². The van der Waals surface area contributed by atoms with Gasteiger partial charge in [-0.2, -0.15) is 0 Å². The molecule has 1 aliphatic heterocycles. The highest BCUT2D eigenvalue weighted by atomic mass is 16.5. The second-order valence-electron chi connectivity index (χ2n) is 4.65. The normalized spacial score (nSPS) is 16.6. The fraction of sp³-hybridized carbons (Fsp3) is 0.250. The Morgan fingerprint density at radius 2 is 1.95 bits per heavy atom. The van der Waals surface area contributed by atoms with Crippen molar-refractivity contribution in [1.82, 2.24) is 4.90 Å². The van der Waals surface area contributed by atoms with E-state index < -0.39 is 5.97 Å². The molecular formula is C16H17NO4. The summed E-state index contributed by atoms with van der Waals surface area (Å²) in [6.07, 6.45) is 1.28. The molecule has 0 saturated carbocycles.